The molecule has 1 aromatic rings. The quantitative estimate of drug-likeness (QED) is 0.712. The lowest BCUT2D eigenvalue weighted by Gasteiger charge is -2.09. The first-order valence-electron chi connectivity index (χ1n) is 4.14. The van der Waals surface area contributed by atoms with Crippen LogP contribution in [0.15, 0.2) is 18.3 Å². The first-order valence-corrected chi connectivity index (χ1v) is 4.52. The average Bonchev–Trinajstić information content (AvgIpc) is 2.85. The van der Waals surface area contributed by atoms with E-state index in [0.29, 0.717) is 11.1 Å². The molecule has 12 heavy (non-hydrogen) atoms. The van der Waals surface area contributed by atoms with E-state index in [-0.39, 0.29) is 6.04 Å². The second-order valence-electron chi connectivity index (χ2n) is 3.28. The molecule has 2 rings (SSSR count). The Morgan fingerprint density at radius 1 is 1.58 bits per heavy atom. The van der Waals surface area contributed by atoms with Crippen molar-refractivity contribution in [1.82, 2.24) is 4.98 Å². The summed E-state index contributed by atoms with van der Waals surface area (Å²) in [5.41, 5.74) is 7.09. The highest BCUT2D eigenvalue weighted by Gasteiger charge is 2.29. The summed E-state index contributed by atoms with van der Waals surface area (Å²) >= 11 is 5.75. The van der Waals surface area contributed by atoms with Gasteiger partial charge in [-0.1, -0.05) is 11.6 Å². The van der Waals surface area contributed by atoms with Crippen molar-refractivity contribution in [3.05, 3.63) is 29.0 Å². The molecule has 0 spiro atoms. The SMILES string of the molecule is N[C@@H](c1ccnc(Cl)c1)C1CC1. The molecule has 0 unspecified atom stereocenters. The summed E-state index contributed by atoms with van der Waals surface area (Å²) in [7, 11) is 0. The van der Waals surface area contributed by atoms with Crippen molar-refractivity contribution in [1.29, 1.82) is 0 Å². The van der Waals surface area contributed by atoms with Crippen molar-refractivity contribution >= 4 is 11.6 Å². The number of aromatic nitrogens is 1. The molecular weight excluding hydrogens is 172 g/mol. The summed E-state index contributed by atoms with van der Waals surface area (Å²) in [5, 5.41) is 0.531. The maximum Gasteiger partial charge on any atom is 0.129 e. The molecule has 64 valence electrons. The van der Waals surface area contributed by atoms with Crippen molar-refractivity contribution in [2.45, 2.75) is 18.9 Å². The van der Waals surface area contributed by atoms with Crippen LogP contribution in [0.1, 0.15) is 24.4 Å². The molecule has 2 nitrogen and oxygen atoms in total. The van der Waals surface area contributed by atoms with Gasteiger partial charge in [0.15, 0.2) is 0 Å². The fourth-order valence-corrected chi connectivity index (χ4v) is 1.53. The van der Waals surface area contributed by atoms with Gasteiger partial charge >= 0.3 is 0 Å². The van der Waals surface area contributed by atoms with Gasteiger partial charge < -0.3 is 5.73 Å². The normalized spacial score (nSPS) is 19.2. The van der Waals surface area contributed by atoms with Gasteiger partial charge in [-0.05, 0) is 36.5 Å². The van der Waals surface area contributed by atoms with E-state index in [1.54, 1.807) is 6.20 Å². The molecule has 0 amide bonds. The van der Waals surface area contributed by atoms with Crippen LogP contribution in [-0.2, 0) is 0 Å². The summed E-state index contributed by atoms with van der Waals surface area (Å²) in [6.07, 6.45) is 4.21. The van der Waals surface area contributed by atoms with E-state index >= 15 is 0 Å². The zero-order valence-corrected chi connectivity index (χ0v) is 7.46. The summed E-state index contributed by atoms with van der Waals surface area (Å²) in [6, 6.07) is 3.95. The van der Waals surface area contributed by atoms with Gasteiger partial charge in [-0.25, -0.2) is 4.98 Å². The predicted molar refractivity (Wildman–Crippen MR) is 48.9 cm³/mol. The second-order valence-corrected chi connectivity index (χ2v) is 3.66. The third-order valence-electron chi connectivity index (χ3n) is 2.27. The lowest BCUT2D eigenvalue weighted by atomic mass is 10.1. The van der Waals surface area contributed by atoms with E-state index in [4.69, 9.17) is 17.3 Å². The second kappa shape index (κ2) is 3.04. The van der Waals surface area contributed by atoms with Crippen LogP contribution in [-0.4, -0.2) is 4.98 Å². The van der Waals surface area contributed by atoms with Gasteiger partial charge in [0, 0.05) is 12.2 Å². The molecular formula is C9H11ClN2. The number of pyridine rings is 1. The van der Waals surface area contributed by atoms with Crippen molar-refractivity contribution in [3.8, 4) is 0 Å². The van der Waals surface area contributed by atoms with Crippen LogP contribution in [0.25, 0.3) is 0 Å². The van der Waals surface area contributed by atoms with Crippen LogP contribution >= 0.6 is 11.6 Å². The molecule has 1 fully saturated rings. The van der Waals surface area contributed by atoms with Gasteiger partial charge in [0.2, 0.25) is 0 Å². The maximum atomic E-state index is 5.98. The van der Waals surface area contributed by atoms with Gasteiger partial charge in [-0.2, -0.15) is 0 Å². The monoisotopic (exact) mass is 182 g/mol. The third kappa shape index (κ3) is 1.59. The lowest BCUT2D eigenvalue weighted by Crippen LogP contribution is -2.12. The highest BCUT2D eigenvalue weighted by Crippen LogP contribution is 2.39. The molecule has 1 heterocycles. The minimum atomic E-state index is 0.158. The number of rotatable bonds is 2. The highest BCUT2D eigenvalue weighted by molar-refractivity contribution is 6.29. The molecule has 3 heteroatoms. The van der Waals surface area contributed by atoms with Crippen molar-refractivity contribution in [3.63, 3.8) is 0 Å². The largest absolute Gasteiger partial charge is 0.324 e. The Kier molecular flexibility index (Phi) is 2.03. The zero-order chi connectivity index (χ0) is 8.55. The smallest absolute Gasteiger partial charge is 0.129 e. The summed E-state index contributed by atoms with van der Waals surface area (Å²) in [5.74, 6) is 0.670. The Bertz CT molecular complexity index is 284. The third-order valence-corrected chi connectivity index (χ3v) is 2.47. The van der Waals surface area contributed by atoms with Crippen molar-refractivity contribution < 1.29 is 0 Å². The van der Waals surface area contributed by atoms with Crippen LogP contribution in [0.3, 0.4) is 0 Å². The Labute approximate surface area is 76.7 Å². The first kappa shape index (κ1) is 8.02. The van der Waals surface area contributed by atoms with Crippen molar-refractivity contribution in [2.75, 3.05) is 0 Å². The first-order chi connectivity index (χ1) is 5.77. The fourth-order valence-electron chi connectivity index (χ4n) is 1.35. The molecule has 1 aromatic heterocycles. The molecule has 0 bridgehead atoms. The van der Waals surface area contributed by atoms with E-state index in [2.05, 4.69) is 4.98 Å². The summed E-state index contributed by atoms with van der Waals surface area (Å²) in [4.78, 5) is 3.91. The predicted octanol–water partition coefficient (Wildman–Crippen LogP) is 2.14. The van der Waals surface area contributed by atoms with Crippen LogP contribution in [0.5, 0.6) is 0 Å². The van der Waals surface area contributed by atoms with E-state index in [9.17, 15) is 0 Å². The molecule has 0 aliphatic heterocycles. The highest BCUT2D eigenvalue weighted by atomic mass is 35.5. The van der Waals surface area contributed by atoms with Gasteiger partial charge in [0.25, 0.3) is 0 Å². The average molecular weight is 183 g/mol. The number of nitrogens with two attached hydrogens (primary N) is 1. The standard InChI is InChI=1S/C9H11ClN2/c10-8-5-7(3-4-12-8)9(11)6-1-2-6/h3-6,9H,1-2,11H2/t9-/m1/s1. The number of nitrogens with zero attached hydrogens (tertiary/aromatic N) is 1. The Morgan fingerprint density at radius 2 is 2.33 bits per heavy atom. The van der Waals surface area contributed by atoms with E-state index < -0.39 is 0 Å². The van der Waals surface area contributed by atoms with E-state index in [0.717, 1.165) is 5.56 Å². The number of hydrogen-bond acceptors (Lipinski definition) is 2. The van der Waals surface area contributed by atoms with Gasteiger partial charge in [-0.15, -0.1) is 0 Å². The Morgan fingerprint density at radius 3 is 2.92 bits per heavy atom. The van der Waals surface area contributed by atoms with Gasteiger partial charge in [0.05, 0.1) is 0 Å². The molecule has 2 N–H and O–H groups in total. The van der Waals surface area contributed by atoms with Gasteiger partial charge in [-0.3, -0.25) is 0 Å². The van der Waals surface area contributed by atoms with E-state index in [1.807, 2.05) is 12.1 Å². The molecule has 1 aliphatic rings. The number of halogens is 1. The lowest BCUT2D eigenvalue weighted by molar-refractivity contribution is 0.632. The molecule has 0 aromatic carbocycles. The van der Waals surface area contributed by atoms with Crippen LogP contribution in [0, 0.1) is 5.92 Å². The Hall–Kier alpha value is -0.600. The molecule has 1 aliphatic carbocycles. The molecule has 0 radical (unpaired) electrons. The fraction of sp³-hybridized carbons (Fsp3) is 0.444. The molecule has 0 saturated heterocycles. The van der Waals surface area contributed by atoms with Crippen molar-refractivity contribution in [2.24, 2.45) is 11.7 Å². The Balaban J connectivity index is 2.20. The van der Waals surface area contributed by atoms with Crippen LogP contribution in [0.2, 0.25) is 5.15 Å². The minimum Gasteiger partial charge on any atom is -0.324 e. The molecule has 1 saturated carbocycles. The van der Waals surface area contributed by atoms with Crippen LogP contribution < -0.4 is 5.73 Å². The van der Waals surface area contributed by atoms with E-state index in [1.165, 1.54) is 12.8 Å². The minimum absolute atomic E-state index is 0.158. The van der Waals surface area contributed by atoms with Crippen LogP contribution in [0.4, 0.5) is 0 Å². The molecule has 1 atom stereocenters. The topological polar surface area (TPSA) is 38.9 Å². The summed E-state index contributed by atoms with van der Waals surface area (Å²) < 4.78 is 0. The number of hydrogen-bond donors (Lipinski definition) is 1. The zero-order valence-electron chi connectivity index (χ0n) is 6.70. The summed E-state index contributed by atoms with van der Waals surface area (Å²) in [6.45, 7) is 0. The van der Waals surface area contributed by atoms with Gasteiger partial charge in [0.1, 0.15) is 5.15 Å². The maximum absolute atomic E-state index is 5.98.